The van der Waals surface area contributed by atoms with Crippen molar-refractivity contribution in [1.82, 2.24) is 59.8 Å². The summed E-state index contributed by atoms with van der Waals surface area (Å²) in [4.78, 5) is 48.5. The van der Waals surface area contributed by atoms with Gasteiger partial charge in [-0.25, -0.2) is 124 Å². The Hall–Kier alpha value is -16.2. The summed E-state index contributed by atoms with van der Waals surface area (Å²) in [6.45, 7) is 11.5. The van der Waals surface area contributed by atoms with Crippen LogP contribution in [-0.4, -0.2) is 163 Å². The predicted molar refractivity (Wildman–Crippen MR) is 522 cm³/mol. The Bertz CT molecular complexity index is 7960. The minimum atomic E-state index is -4.45. The van der Waals surface area contributed by atoms with Crippen LogP contribution < -0.4 is 79.7 Å². The SMILES string of the molecule is C=S(=O)(Nc1cc(-c2cc(OC)c3nc(N)nc(C)c3c2)cnc1OC)c1ccc(F)cc1F.COCCOc1cc(-c2cnc(OC)c(NS(=O)(=O)c3ccc(F)cc3F)c2)cc2c(C)nc(N)nc12.COc1ncc(-c2cc(OC(C)C)c3nc(N)nc(C)c3c2)cc1NS(=O)(=O)c1ccc(F)cc1F.COc1ncc(-c2cc(OC3CC3)c3nc(N)nc(C)c3c2)cc1NS(=O)(=O)c1ccc(F)cc1F. The van der Waals surface area contributed by atoms with Gasteiger partial charge in [0.15, 0.2) is 0 Å². The topological polar surface area (TPSA) is 509 Å². The van der Waals surface area contributed by atoms with Gasteiger partial charge >= 0.3 is 0 Å². The molecular formula is C95H88F8N20O16S4. The molecule has 1 aliphatic rings. The first-order valence-electron chi connectivity index (χ1n) is 42.4. The first-order chi connectivity index (χ1) is 67.9. The summed E-state index contributed by atoms with van der Waals surface area (Å²) in [5, 5.41) is 2.78. The second kappa shape index (κ2) is 42.5. The maximum Gasteiger partial charge on any atom is 0.264 e. The molecule has 8 aromatic heterocycles. The molecule has 1 atom stereocenters. The summed E-state index contributed by atoms with van der Waals surface area (Å²) in [6, 6.07) is 29.6. The molecule has 1 fully saturated rings. The van der Waals surface area contributed by atoms with Crippen molar-refractivity contribution in [3.63, 3.8) is 0 Å². The molecule has 0 amide bonds. The zero-order chi connectivity index (χ0) is 103. The molecule has 744 valence electrons. The van der Waals surface area contributed by atoms with Gasteiger partial charge < -0.3 is 70.3 Å². The number of sulfonamides is 3. The minimum Gasteiger partial charge on any atom is -0.494 e. The smallest absolute Gasteiger partial charge is 0.264 e. The Balaban J connectivity index is 0.000000151. The molecule has 1 unspecified atom stereocenters. The molecule has 8 heterocycles. The van der Waals surface area contributed by atoms with Gasteiger partial charge in [-0.15, -0.1) is 0 Å². The van der Waals surface area contributed by atoms with Crippen molar-refractivity contribution in [3.05, 3.63) is 240 Å². The first kappa shape index (κ1) is 103. The Labute approximate surface area is 812 Å². The van der Waals surface area contributed by atoms with E-state index in [0.717, 1.165) is 66.8 Å². The van der Waals surface area contributed by atoms with Gasteiger partial charge in [0.25, 0.3) is 30.1 Å². The summed E-state index contributed by atoms with van der Waals surface area (Å²) in [7, 11) is -8.33. The molecule has 143 heavy (non-hydrogen) atoms. The van der Waals surface area contributed by atoms with Crippen LogP contribution in [0.4, 0.5) is 81.7 Å². The number of halogens is 8. The zero-order valence-corrected chi connectivity index (χ0v) is 81.0. The lowest BCUT2D eigenvalue weighted by atomic mass is 10.0. The molecule has 0 radical (unpaired) electrons. The molecule has 0 spiro atoms. The third kappa shape index (κ3) is 23.6. The fourth-order valence-corrected chi connectivity index (χ4v) is 19.1. The van der Waals surface area contributed by atoms with Gasteiger partial charge in [-0.1, -0.05) is 0 Å². The van der Waals surface area contributed by atoms with Crippen molar-refractivity contribution in [2.45, 2.75) is 86.2 Å². The highest BCUT2D eigenvalue weighted by atomic mass is 32.2. The van der Waals surface area contributed by atoms with Crippen LogP contribution in [0.3, 0.4) is 0 Å². The molecule has 12 N–H and O–H groups in total. The Morgan fingerprint density at radius 3 is 0.937 bits per heavy atom. The predicted octanol–water partition coefficient (Wildman–Crippen LogP) is 16.3. The third-order valence-electron chi connectivity index (χ3n) is 21.2. The fraction of sp³-hybridized carbons (Fsp3) is 0.189. The molecule has 0 bridgehead atoms. The standard InChI is InChI=1S/C24H23F2N5O5S.C24H21F2N5O4S.C24H23F2N5O4S.C23H21F2N5O3S/c1-13-17-8-14(10-20(36-7-6-34-2)22(17)30-24(27)29-13)15-9-19(23(35-3)28-12-15)31-37(32,33)21-5-4-16(25)11-18(21)26;1-12-17-7-13(9-20(35-16-4-5-16)22(17)30-24(27)29-12)14-8-19(23(34-2)28-11-14)31-36(32,33)21-6-3-15(25)10-18(21)26;1-12(2)35-20-9-14(7-17-13(3)29-24(27)30-22(17)20)15-8-19(23(34-4)28-11-15)31-36(32,33)21-6-5-16(25)10-18(21)26;1-12-16-7-13(9-19(32-2)21(16)29-23(26)28-12)14-8-18(22(33-3)27-11-14)30-34(4,31)20-6-5-15(24)10-17(20)25/h4-5,8-12,31H,6-7H2,1-3H3,(H2,27,29,30);3,6-11,16,31H,4-5H2,1-2H3,(H2,27,29,30);5-12,31H,1-4H3,(H2,27,29,30);5-11H,4H2,1-3H3,(H,30,31)(H2,26,28,29). The van der Waals surface area contributed by atoms with E-state index < -0.39 is 101 Å². The quantitative estimate of drug-likeness (QED) is 0.0123. The summed E-state index contributed by atoms with van der Waals surface area (Å²) in [5.74, 6) is -2.24. The lowest BCUT2D eigenvalue weighted by Gasteiger charge is -2.17. The number of aryl methyl sites for hydroxylation is 4. The largest absolute Gasteiger partial charge is 0.494 e. The van der Waals surface area contributed by atoms with E-state index in [4.69, 9.17) is 65.6 Å². The van der Waals surface area contributed by atoms with Crippen molar-refractivity contribution in [2.75, 3.05) is 97.7 Å². The summed E-state index contributed by atoms with van der Waals surface area (Å²) in [5.41, 5.74) is 32.8. The van der Waals surface area contributed by atoms with Crippen LogP contribution in [0.15, 0.2) is 190 Å². The average Bonchev–Trinajstić information content (AvgIpc) is 1.18. The van der Waals surface area contributed by atoms with E-state index in [1.54, 1.807) is 83.5 Å². The number of nitrogens with two attached hydrogens (primary N) is 4. The van der Waals surface area contributed by atoms with Gasteiger partial charge in [0, 0.05) is 100.0 Å². The van der Waals surface area contributed by atoms with Crippen LogP contribution in [-0.2, 0) is 44.5 Å². The van der Waals surface area contributed by atoms with Gasteiger partial charge in [0.1, 0.15) is 136 Å². The number of rotatable bonds is 29. The summed E-state index contributed by atoms with van der Waals surface area (Å²) in [6.07, 6.45) is 7.81. The number of anilines is 8. The van der Waals surface area contributed by atoms with Crippen LogP contribution >= 0.6 is 0 Å². The van der Waals surface area contributed by atoms with E-state index in [9.17, 15) is 64.6 Å². The number of aromatic nitrogens is 12. The van der Waals surface area contributed by atoms with Crippen molar-refractivity contribution in [1.29, 1.82) is 0 Å². The number of pyridine rings is 4. The fourth-order valence-electron chi connectivity index (χ4n) is 14.5. The monoisotopic (exact) mass is 2040 g/mol. The lowest BCUT2D eigenvalue weighted by molar-refractivity contribution is 0.147. The Morgan fingerprint density at radius 1 is 0.350 bits per heavy atom. The van der Waals surface area contributed by atoms with E-state index in [1.165, 1.54) is 72.3 Å². The number of fused-ring (bicyclic) bond motifs is 4. The molecule has 48 heteroatoms. The van der Waals surface area contributed by atoms with E-state index in [0.29, 0.717) is 159 Å². The van der Waals surface area contributed by atoms with Crippen molar-refractivity contribution >= 4 is 136 Å². The van der Waals surface area contributed by atoms with Gasteiger partial charge in [0.2, 0.25) is 47.3 Å². The highest BCUT2D eigenvalue weighted by molar-refractivity contribution is 8.01. The second-order valence-corrected chi connectivity index (χ2v) is 38.6. The number of benzene rings is 8. The average molecular weight is 2050 g/mol. The lowest BCUT2D eigenvalue weighted by Crippen LogP contribution is -2.16. The van der Waals surface area contributed by atoms with Gasteiger partial charge in [-0.05, 0) is 204 Å². The first-order valence-corrected chi connectivity index (χ1v) is 48.6. The van der Waals surface area contributed by atoms with Gasteiger partial charge in [-0.2, -0.15) is 0 Å². The molecular weight excluding hydrogens is 1960 g/mol. The number of nitrogens with one attached hydrogen (secondary N) is 4. The molecule has 16 aromatic rings. The van der Waals surface area contributed by atoms with E-state index in [2.05, 4.69) is 84.6 Å². The number of nitrogen functional groups attached to an aromatic ring is 4. The van der Waals surface area contributed by atoms with Crippen LogP contribution in [0, 0.1) is 74.2 Å². The second-order valence-electron chi connectivity index (χ2n) is 31.7. The maximum atomic E-state index is 14.3. The molecule has 0 saturated heterocycles. The molecule has 36 nitrogen and oxygen atoms in total. The van der Waals surface area contributed by atoms with Crippen molar-refractivity contribution in [3.8, 4) is 91.0 Å². The minimum absolute atomic E-state index is 0.0336. The molecule has 1 aliphatic carbocycles. The van der Waals surface area contributed by atoms with Crippen LogP contribution in [0.2, 0.25) is 0 Å². The van der Waals surface area contributed by atoms with Crippen LogP contribution in [0.25, 0.3) is 88.1 Å². The zero-order valence-electron chi connectivity index (χ0n) is 77.7. The Kier molecular flexibility index (Phi) is 30.5. The normalized spacial score (nSPS) is 12.4. The number of methoxy groups -OCH3 is 6. The maximum absolute atomic E-state index is 14.3. The van der Waals surface area contributed by atoms with E-state index >= 15 is 0 Å². The Morgan fingerprint density at radius 2 is 0.636 bits per heavy atom. The molecule has 0 aliphatic heterocycles. The highest BCUT2D eigenvalue weighted by Gasteiger charge is 2.31. The number of ether oxygens (including phenoxy) is 9. The number of hydrogen-bond acceptors (Lipinski definition) is 32. The molecule has 17 rings (SSSR count). The molecule has 1 saturated carbocycles. The summed E-state index contributed by atoms with van der Waals surface area (Å²) >= 11 is 0. The number of nitrogens with zero attached hydrogens (tertiary/aromatic N) is 12. The third-order valence-corrected chi connectivity index (χ3v) is 26.9. The molecule has 8 aromatic carbocycles. The van der Waals surface area contributed by atoms with Gasteiger partial charge in [-0.3, -0.25) is 14.2 Å². The van der Waals surface area contributed by atoms with Crippen LogP contribution in [0.1, 0.15) is 49.5 Å². The number of hydrogen-bond donors (Lipinski definition) is 8. The van der Waals surface area contributed by atoms with Crippen LogP contribution in [0.5, 0.6) is 46.5 Å². The highest BCUT2D eigenvalue weighted by Crippen LogP contribution is 2.44. The van der Waals surface area contributed by atoms with Crippen molar-refractivity contribution in [2.24, 2.45) is 0 Å². The van der Waals surface area contributed by atoms with Gasteiger partial charge in [0.05, 0.1) is 91.7 Å². The van der Waals surface area contributed by atoms with Crippen molar-refractivity contribution < 1.29 is 107 Å². The summed E-state index contributed by atoms with van der Waals surface area (Å²) < 4.78 is 259. The van der Waals surface area contributed by atoms with E-state index in [-0.39, 0.29) is 93.8 Å². The van der Waals surface area contributed by atoms with E-state index in [1.807, 2.05) is 26.0 Å².